The lowest BCUT2D eigenvalue weighted by Gasteiger charge is -2.36. The summed E-state index contributed by atoms with van der Waals surface area (Å²) in [5.41, 5.74) is 2.97. The number of carbonyl (C=O) groups is 2. The molecule has 0 saturated carbocycles. The fourth-order valence-corrected chi connectivity index (χ4v) is 7.00. The minimum Gasteiger partial charge on any atom is -0.377 e. The first kappa shape index (κ1) is 23.3. The second kappa shape index (κ2) is 9.87. The van der Waals surface area contributed by atoms with E-state index in [2.05, 4.69) is 5.32 Å². The van der Waals surface area contributed by atoms with Crippen molar-refractivity contribution in [2.24, 2.45) is 0 Å². The van der Waals surface area contributed by atoms with Gasteiger partial charge in [0, 0.05) is 42.2 Å². The molecule has 1 aliphatic carbocycles. The number of aryl methyl sites for hydroxylation is 1. The maximum Gasteiger partial charge on any atom is 0.524 e. The standard InChI is InChI=1S/C24H31NO5Si/c1-6-20(31(28-7-2,29-8-3)30-9-4)25-22-16(5)14-15-19-21(22)24(27)18-13-11-10-12-17(18)23(19)26/h10-15,20,25H,6-9H2,1-5H3. The molecular weight excluding hydrogens is 410 g/mol. The molecular formula is C24H31NO5Si. The minimum atomic E-state index is -3.09. The summed E-state index contributed by atoms with van der Waals surface area (Å²) in [6, 6.07) is 10.6. The zero-order valence-corrected chi connectivity index (χ0v) is 19.9. The van der Waals surface area contributed by atoms with Crippen LogP contribution < -0.4 is 5.32 Å². The number of hydrogen-bond donors (Lipinski definition) is 1. The molecule has 0 radical (unpaired) electrons. The molecule has 0 bridgehead atoms. The van der Waals surface area contributed by atoms with Crippen LogP contribution in [0, 0.1) is 6.92 Å². The average Bonchev–Trinajstić information content (AvgIpc) is 2.77. The summed E-state index contributed by atoms with van der Waals surface area (Å²) in [6.07, 6.45) is 0.675. The van der Waals surface area contributed by atoms with Crippen LogP contribution in [-0.2, 0) is 13.3 Å². The minimum absolute atomic E-state index is 0.135. The number of benzene rings is 2. The Morgan fingerprint density at radius 3 is 1.87 bits per heavy atom. The molecule has 3 rings (SSSR count). The molecule has 6 nitrogen and oxygen atoms in total. The van der Waals surface area contributed by atoms with Gasteiger partial charge in [-0.2, -0.15) is 0 Å². The van der Waals surface area contributed by atoms with Crippen molar-refractivity contribution in [3.8, 4) is 0 Å². The van der Waals surface area contributed by atoms with Crippen LogP contribution in [0.3, 0.4) is 0 Å². The first-order valence-corrected chi connectivity index (χ1v) is 12.7. The Labute approximate surface area is 185 Å². The summed E-state index contributed by atoms with van der Waals surface area (Å²) in [5.74, 6) is -0.285. The average molecular weight is 442 g/mol. The van der Waals surface area contributed by atoms with Crippen LogP contribution in [0.15, 0.2) is 36.4 Å². The Morgan fingerprint density at radius 1 is 0.806 bits per heavy atom. The number of fused-ring (bicyclic) bond motifs is 2. The highest BCUT2D eigenvalue weighted by Gasteiger charge is 2.49. The van der Waals surface area contributed by atoms with Crippen molar-refractivity contribution in [2.75, 3.05) is 25.1 Å². The monoisotopic (exact) mass is 441 g/mol. The summed E-state index contributed by atoms with van der Waals surface area (Å²) in [4.78, 5) is 26.6. The van der Waals surface area contributed by atoms with E-state index in [9.17, 15) is 9.59 Å². The first-order chi connectivity index (χ1) is 14.9. The van der Waals surface area contributed by atoms with Crippen LogP contribution in [0.2, 0.25) is 0 Å². The summed E-state index contributed by atoms with van der Waals surface area (Å²) in [5, 5.41) is 3.52. The molecule has 0 spiro atoms. The van der Waals surface area contributed by atoms with Gasteiger partial charge in [0.05, 0.1) is 11.2 Å². The van der Waals surface area contributed by atoms with Gasteiger partial charge in [0.25, 0.3) is 0 Å². The molecule has 0 aromatic heterocycles. The van der Waals surface area contributed by atoms with Crippen molar-refractivity contribution in [1.82, 2.24) is 0 Å². The zero-order chi connectivity index (χ0) is 22.6. The van der Waals surface area contributed by atoms with Crippen molar-refractivity contribution in [3.05, 3.63) is 64.2 Å². The zero-order valence-electron chi connectivity index (χ0n) is 18.9. The molecule has 0 aliphatic heterocycles. The Kier molecular flexibility index (Phi) is 7.43. The molecule has 1 N–H and O–H groups in total. The summed E-state index contributed by atoms with van der Waals surface area (Å²) in [7, 11) is -3.09. The number of carbonyl (C=O) groups excluding carboxylic acids is 2. The van der Waals surface area contributed by atoms with Gasteiger partial charge < -0.3 is 18.6 Å². The molecule has 2 aromatic carbocycles. The Bertz CT molecular complexity index is 957. The molecule has 7 heteroatoms. The number of hydrogen-bond acceptors (Lipinski definition) is 6. The molecule has 0 fully saturated rings. The fraction of sp³-hybridized carbons (Fsp3) is 0.417. The number of ketones is 2. The van der Waals surface area contributed by atoms with E-state index < -0.39 is 8.80 Å². The third-order valence-corrected chi connectivity index (χ3v) is 8.97. The van der Waals surface area contributed by atoms with Gasteiger partial charge in [0.1, 0.15) is 0 Å². The van der Waals surface area contributed by atoms with Crippen molar-refractivity contribution in [3.63, 3.8) is 0 Å². The van der Waals surface area contributed by atoms with Gasteiger partial charge in [-0.05, 0) is 45.7 Å². The quantitative estimate of drug-likeness (QED) is 0.465. The van der Waals surface area contributed by atoms with E-state index in [-0.39, 0.29) is 17.2 Å². The summed E-state index contributed by atoms with van der Waals surface area (Å²) < 4.78 is 18.3. The van der Waals surface area contributed by atoms with Crippen LogP contribution in [0.5, 0.6) is 0 Å². The van der Waals surface area contributed by atoms with Crippen molar-refractivity contribution in [1.29, 1.82) is 0 Å². The molecule has 0 heterocycles. The normalized spacial score (nSPS) is 14.2. The topological polar surface area (TPSA) is 73.9 Å². The Hall–Kier alpha value is -2.32. The maximum atomic E-state index is 13.4. The highest BCUT2D eigenvalue weighted by atomic mass is 28.4. The second-order valence-corrected chi connectivity index (χ2v) is 10.2. The molecule has 31 heavy (non-hydrogen) atoms. The third-order valence-electron chi connectivity index (χ3n) is 5.49. The molecule has 1 unspecified atom stereocenters. The highest BCUT2D eigenvalue weighted by Crippen LogP contribution is 2.35. The lowest BCUT2D eigenvalue weighted by Crippen LogP contribution is -2.59. The Balaban J connectivity index is 2.11. The van der Waals surface area contributed by atoms with Gasteiger partial charge in [0.15, 0.2) is 11.6 Å². The first-order valence-electron chi connectivity index (χ1n) is 10.9. The molecule has 0 saturated heterocycles. The van der Waals surface area contributed by atoms with Crippen LogP contribution in [-0.4, -0.2) is 45.9 Å². The third kappa shape index (κ3) is 4.23. The van der Waals surface area contributed by atoms with Crippen LogP contribution in [0.1, 0.15) is 71.5 Å². The molecule has 1 aliphatic rings. The largest absolute Gasteiger partial charge is 0.524 e. The van der Waals surface area contributed by atoms with E-state index >= 15 is 0 Å². The van der Waals surface area contributed by atoms with E-state index in [0.717, 1.165) is 5.56 Å². The van der Waals surface area contributed by atoms with Crippen LogP contribution in [0.25, 0.3) is 0 Å². The Morgan fingerprint density at radius 2 is 1.35 bits per heavy atom. The SMILES string of the molecule is CCO[Si](OCC)(OCC)C(CC)Nc1c(C)ccc2c1C(=O)c1ccccc1C2=O. The second-order valence-electron chi connectivity index (χ2n) is 7.39. The van der Waals surface area contributed by atoms with Gasteiger partial charge >= 0.3 is 8.80 Å². The lowest BCUT2D eigenvalue weighted by molar-refractivity contribution is 0.0639. The van der Waals surface area contributed by atoms with Crippen LogP contribution >= 0.6 is 0 Å². The molecule has 1 atom stereocenters. The van der Waals surface area contributed by atoms with Crippen molar-refractivity contribution in [2.45, 2.75) is 46.7 Å². The van der Waals surface area contributed by atoms with Gasteiger partial charge in [-0.15, -0.1) is 0 Å². The summed E-state index contributed by atoms with van der Waals surface area (Å²) in [6.45, 7) is 11.1. The van der Waals surface area contributed by atoms with E-state index in [4.69, 9.17) is 13.3 Å². The number of nitrogens with one attached hydrogen (secondary N) is 1. The predicted molar refractivity (Wildman–Crippen MR) is 123 cm³/mol. The van der Waals surface area contributed by atoms with E-state index in [0.29, 0.717) is 54.2 Å². The number of rotatable bonds is 10. The lowest BCUT2D eigenvalue weighted by atomic mass is 9.82. The van der Waals surface area contributed by atoms with Gasteiger partial charge in [0.2, 0.25) is 0 Å². The van der Waals surface area contributed by atoms with E-state index in [1.54, 1.807) is 30.3 Å². The highest BCUT2D eigenvalue weighted by molar-refractivity contribution is 6.63. The van der Waals surface area contributed by atoms with E-state index in [1.165, 1.54) is 0 Å². The van der Waals surface area contributed by atoms with Crippen molar-refractivity contribution >= 4 is 26.1 Å². The fourth-order valence-electron chi connectivity index (χ4n) is 4.12. The molecule has 0 amide bonds. The van der Waals surface area contributed by atoms with Gasteiger partial charge in [-0.1, -0.05) is 37.3 Å². The molecule has 2 aromatic rings. The predicted octanol–water partition coefficient (Wildman–Crippen LogP) is 4.55. The maximum absolute atomic E-state index is 13.4. The van der Waals surface area contributed by atoms with E-state index in [1.807, 2.05) is 40.7 Å². The smallest absolute Gasteiger partial charge is 0.377 e. The summed E-state index contributed by atoms with van der Waals surface area (Å²) >= 11 is 0. The van der Waals surface area contributed by atoms with Crippen molar-refractivity contribution < 1.29 is 22.9 Å². The number of anilines is 1. The van der Waals surface area contributed by atoms with Gasteiger partial charge in [-0.3, -0.25) is 9.59 Å². The molecule has 166 valence electrons. The van der Waals surface area contributed by atoms with Gasteiger partial charge in [-0.25, -0.2) is 0 Å². The van der Waals surface area contributed by atoms with Crippen LogP contribution in [0.4, 0.5) is 5.69 Å².